The Kier molecular flexibility index (Phi) is 11.8. The molecule has 12 aromatic rings. The predicted molar refractivity (Wildman–Crippen MR) is 366 cm³/mol. The third-order valence-electron chi connectivity index (χ3n) is 19.9. The summed E-state index contributed by atoms with van der Waals surface area (Å²) in [4.78, 5) is 4.94. The van der Waals surface area contributed by atoms with Gasteiger partial charge in [0.1, 0.15) is 0 Å². The number of rotatable bonds is 8. The van der Waals surface area contributed by atoms with Crippen LogP contribution in [0.15, 0.2) is 237 Å². The fourth-order valence-electron chi connectivity index (χ4n) is 14.9. The van der Waals surface area contributed by atoms with Crippen molar-refractivity contribution in [3.05, 3.63) is 281 Å². The minimum atomic E-state index is -0.314. The molecular weight excluding hydrogens is 1040 g/mol. The van der Waals surface area contributed by atoms with Gasteiger partial charge in [0.25, 0.3) is 0 Å². The molecule has 3 heteroatoms. The van der Waals surface area contributed by atoms with Crippen molar-refractivity contribution in [2.75, 3.05) is 9.80 Å². The van der Waals surface area contributed by atoms with Crippen LogP contribution in [0.4, 0.5) is 34.1 Å². The SMILES string of the molecule is CC(C)(C)c1ccc(N(c2ccc(-c3ccc4c(c3)C(C)(C)c3ccccc3-4)cc2)c2ccc3c(c2)c2cc(N(c4ccc(-c5ccc6c(c5)C(C)(C)c5ccccc5-6)cc4)c4ccc(C(C)(C)C)cc4)cc4c2n3-c2ccccc2C4(C)C)cc1. The molecule has 11 aromatic carbocycles. The average molecular weight is 1110 g/mol. The van der Waals surface area contributed by atoms with Gasteiger partial charge in [-0.05, 0) is 197 Å². The van der Waals surface area contributed by atoms with Gasteiger partial charge in [-0.15, -0.1) is 0 Å². The highest BCUT2D eigenvalue weighted by molar-refractivity contribution is 6.14. The molecule has 0 fully saturated rings. The van der Waals surface area contributed by atoms with Gasteiger partial charge in [0.05, 0.1) is 16.7 Å². The van der Waals surface area contributed by atoms with Gasteiger partial charge in [0.15, 0.2) is 0 Å². The third kappa shape index (κ3) is 8.21. The van der Waals surface area contributed by atoms with Gasteiger partial charge in [0, 0.05) is 61.1 Å². The molecule has 0 atom stereocenters. The molecule has 0 saturated heterocycles. The number of anilines is 6. The minimum absolute atomic E-state index is 0.00847. The third-order valence-corrected chi connectivity index (χ3v) is 19.9. The van der Waals surface area contributed by atoms with Crippen LogP contribution in [0.3, 0.4) is 0 Å². The van der Waals surface area contributed by atoms with Crippen LogP contribution in [-0.4, -0.2) is 4.57 Å². The molecule has 15 rings (SSSR count). The molecule has 1 aliphatic heterocycles. The highest BCUT2D eigenvalue weighted by Crippen LogP contribution is 2.54. The van der Waals surface area contributed by atoms with E-state index in [1.165, 1.54) is 117 Å². The highest BCUT2D eigenvalue weighted by Gasteiger charge is 2.39. The van der Waals surface area contributed by atoms with Gasteiger partial charge in [-0.3, -0.25) is 0 Å². The van der Waals surface area contributed by atoms with Crippen LogP contribution in [-0.2, 0) is 27.1 Å². The Bertz CT molecular complexity index is 4700. The lowest BCUT2D eigenvalue weighted by atomic mass is 9.74. The maximum Gasteiger partial charge on any atom is 0.0583 e. The Morgan fingerprint density at radius 3 is 1.14 bits per heavy atom. The van der Waals surface area contributed by atoms with Crippen LogP contribution in [0.1, 0.15) is 128 Å². The fraction of sp³-hybridized carbons (Fsp3) is 0.205. The van der Waals surface area contributed by atoms with Crippen molar-refractivity contribution in [3.8, 4) is 50.2 Å². The first-order valence-electron chi connectivity index (χ1n) is 30.9. The Morgan fingerprint density at radius 2 is 0.663 bits per heavy atom. The first-order chi connectivity index (χ1) is 41.2. The molecule has 2 heterocycles. The molecule has 422 valence electrons. The molecule has 0 bridgehead atoms. The van der Waals surface area contributed by atoms with E-state index < -0.39 is 0 Å². The van der Waals surface area contributed by atoms with Gasteiger partial charge in [-0.2, -0.15) is 0 Å². The zero-order valence-electron chi connectivity index (χ0n) is 51.9. The van der Waals surface area contributed by atoms with Crippen molar-refractivity contribution < 1.29 is 0 Å². The Balaban J connectivity index is 0.894. The summed E-state index contributed by atoms with van der Waals surface area (Å²) < 4.78 is 2.55. The Hall–Kier alpha value is -9.18. The normalized spacial score (nSPS) is 14.8. The second kappa shape index (κ2) is 18.9. The first kappa shape index (κ1) is 53.5. The Labute approximate surface area is 508 Å². The van der Waals surface area contributed by atoms with Gasteiger partial charge in [-0.25, -0.2) is 0 Å². The summed E-state index contributed by atoms with van der Waals surface area (Å²) in [6.07, 6.45) is 0. The van der Waals surface area contributed by atoms with Gasteiger partial charge in [-0.1, -0.05) is 223 Å². The highest BCUT2D eigenvalue weighted by atomic mass is 15.2. The van der Waals surface area contributed by atoms with Crippen molar-refractivity contribution in [1.29, 1.82) is 0 Å². The molecule has 2 aliphatic carbocycles. The first-order valence-corrected chi connectivity index (χ1v) is 30.9. The molecule has 0 N–H and O–H groups in total. The molecule has 0 spiro atoms. The van der Waals surface area contributed by atoms with Gasteiger partial charge >= 0.3 is 0 Å². The average Bonchev–Trinajstić information content (AvgIpc) is 1.55. The van der Waals surface area contributed by atoms with E-state index in [1.807, 2.05) is 0 Å². The Morgan fingerprint density at radius 1 is 0.291 bits per heavy atom. The second-order valence-corrected chi connectivity index (χ2v) is 28.3. The smallest absolute Gasteiger partial charge is 0.0583 e. The summed E-state index contributed by atoms with van der Waals surface area (Å²) in [5.41, 5.74) is 31.0. The maximum absolute atomic E-state index is 2.55. The quantitative estimate of drug-likeness (QED) is 0.150. The predicted octanol–water partition coefficient (Wildman–Crippen LogP) is 22.9. The number of hydrogen-bond donors (Lipinski definition) is 0. The van der Waals surface area contributed by atoms with E-state index in [-0.39, 0.29) is 27.1 Å². The van der Waals surface area contributed by atoms with E-state index >= 15 is 0 Å². The summed E-state index contributed by atoms with van der Waals surface area (Å²) in [6, 6.07) is 90.3. The number of aromatic nitrogens is 1. The molecule has 3 nitrogen and oxygen atoms in total. The van der Waals surface area contributed by atoms with Gasteiger partial charge in [0.2, 0.25) is 0 Å². The monoisotopic (exact) mass is 1110 g/mol. The minimum Gasteiger partial charge on any atom is -0.310 e. The zero-order valence-corrected chi connectivity index (χ0v) is 51.9. The second-order valence-electron chi connectivity index (χ2n) is 28.3. The van der Waals surface area contributed by atoms with Gasteiger partial charge < -0.3 is 14.4 Å². The standard InChI is InChI=1S/C83H75N3/c1-79(2,3)56-31-39-60(40-32-56)84(58-35-25-52(26-36-58)54-29-44-66-64-19-13-15-21-70(64)81(7,8)73(66)47-54)62-43-46-76-68(49-62)69-50-63(51-75-78(69)86(76)77-24-18-17-23-72(77)83(75,11)12)85(61-41-33-57(34-42-61)80(4,5)6)59-37-27-53(28-38-59)55-30-45-67-65-20-14-16-22-71(65)82(9,10)74(67)48-55/h13-51H,1-12H3. The van der Waals surface area contributed by atoms with Crippen LogP contribution in [0.5, 0.6) is 0 Å². The van der Waals surface area contributed by atoms with Crippen LogP contribution in [0.25, 0.3) is 72.0 Å². The van der Waals surface area contributed by atoms with Crippen molar-refractivity contribution in [3.63, 3.8) is 0 Å². The van der Waals surface area contributed by atoms with E-state index in [0.717, 1.165) is 34.1 Å². The van der Waals surface area contributed by atoms with E-state index in [9.17, 15) is 0 Å². The lowest BCUT2D eigenvalue weighted by Gasteiger charge is -2.36. The summed E-state index contributed by atoms with van der Waals surface area (Å²) in [5.74, 6) is 0. The van der Waals surface area contributed by atoms with Crippen LogP contribution < -0.4 is 9.80 Å². The molecule has 86 heavy (non-hydrogen) atoms. The summed E-state index contributed by atoms with van der Waals surface area (Å²) in [6.45, 7) is 28.1. The van der Waals surface area contributed by atoms with Crippen molar-refractivity contribution in [2.24, 2.45) is 0 Å². The van der Waals surface area contributed by atoms with E-state index in [2.05, 4.69) is 334 Å². The molecular formula is C83H75N3. The maximum atomic E-state index is 2.55. The molecule has 3 aliphatic rings. The van der Waals surface area contributed by atoms with Crippen LogP contribution in [0.2, 0.25) is 0 Å². The summed E-state index contributed by atoms with van der Waals surface area (Å²) in [7, 11) is 0. The van der Waals surface area contributed by atoms with E-state index in [4.69, 9.17) is 0 Å². The van der Waals surface area contributed by atoms with Crippen LogP contribution >= 0.6 is 0 Å². The fourth-order valence-corrected chi connectivity index (χ4v) is 14.9. The lowest BCUT2D eigenvalue weighted by molar-refractivity contribution is 0.590. The van der Waals surface area contributed by atoms with Crippen molar-refractivity contribution in [2.45, 2.75) is 110 Å². The van der Waals surface area contributed by atoms with E-state index in [1.54, 1.807) is 0 Å². The number of nitrogens with zero attached hydrogens (tertiary/aromatic N) is 3. The number of benzene rings is 11. The molecule has 0 saturated carbocycles. The molecule has 0 radical (unpaired) electrons. The molecule has 0 amide bonds. The topological polar surface area (TPSA) is 11.4 Å². The number of hydrogen-bond acceptors (Lipinski definition) is 2. The largest absolute Gasteiger partial charge is 0.310 e. The number of fused-ring (bicyclic) bond motifs is 11. The summed E-state index contributed by atoms with van der Waals surface area (Å²) in [5, 5.41) is 2.44. The molecule has 1 aromatic heterocycles. The van der Waals surface area contributed by atoms with Crippen LogP contribution in [0, 0.1) is 0 Å². The molecule has 0 unspecified atom stereocenters. The van der Waals surface area contributed by atoms with E-state index in [0.29, 0.717) is 0 Å². The van der Waals surface area contributed by atoms with Crippen molar-refractivity contribution >= 4 is 55.9 Å². The number of para-hydroxylation sites is 1. The summed E-state index contributed by atoms with van der Waals surface area (Å²) >= 11 is 0. The lowest BCUT2D eigenvalue weighted by Crippen LogP contribution is -2.26. The van der Waals surface area contributed by atoms with Crippen molar-refractivity contribution in [1.82, 2.24) is 4.57 Å². The zero-order chi connectivity index (χ0) is 59.4.